The number of nitrogens with one attached hydrogen (secondary N) is 1. The lowest BCUT2D eigenvalue weighted by Gasteiger charge is -2.23. The topological polar surface area (TPSA) is 79.5 Å². The lowest BCUT2D eigenvalue weighted by Crippen LogP contribution is -2.35. The van der Waals surface area contributed by atoms with Gasteiger partial charge in [-0.05, 0) is 25.0 Å². The highest BCUT2D eigenvalue weighted by Crippen LogP contribution is 2.23. The minimum absolute atomic E-state index is 0.316. The minimum Gasteiger partial charge on any atom is -0.481 e. The number of aliphatic carboxylic acids is 1. The summed E-state index contributed by atoms with van der Waals surface area (Å²) in [6.45, 7) is 3.59. The van der Waals surface area contributed by atoms with Crippen molar-refractivity contribution in [2.24, 2.45) is 5.92 Å². The van der Waals surface area contributed by atoms with E-state index < -0.39 is 17.9 Å². The molecule has 0 bridgehead atoms. The Kier molecular flexibility index (Phi) is 5.57. The minimum atomic E-state index is -0.958. The standard InChI is InChI=1S/C18H21NO4/c1-3-7-15-14(10-11-23-15)17(20)19-16(12(2)18(21)22)13-8-5-4-6-9-13/h4-6,8-12,16H,3,7H2,1-2H3,(H,19,20)(H,21,22). The number of amides is 1. The molecule has 1 aromatic carbocycles. The Balaban J connectivity index is 2.25. The highest BCUT2D eigenvalue weighted by atomic mass is 16.4. The fourth-order valence-electron chi connectivity index (χ4n) is 2.48. The quantitative estimate of drug-likeness (QED) is 0.820. The van der Waals surface area contributed by atoms with E-state index in [1.54, 1.807) is 13.0 Å². The first-order valence-corrected chi connectivity index (χ1v) is 7.69. The van der Waals surface area contributed by atoms with E-state index in [1.165, 1.54) is 6.26 Å². The Morgan fingerprint density at radius 3 is 2.52 bits per heavy atom. The summed E-state index contributed by atoms with van der Waals surface area (Å²) in [5, 5.41) is 12.2. The van der Waals surface area contributed by atoms with E-state index in [9.17, 15) is 14.7 Å². The maximum Gasteiger partial charge on any atom is 0.308 e. The van der Waals surface area contributed by atoms with Crippen LogP contribution in [-0.4, -0.2) is 17.0 Å². The van der Waals surface area contributed by atoms with E-state index >= 15 is 0 Å². The second-order valence-corrected chi connectivity index (χ2v) is 5.50. The molecule has 2 rings (SSSR count). The van der Waals surface area contributed by atoms with E-state index in [-0.39, 0.29) is 5.91 Å². The van der Waals surface area contributed by atoms with Crippen molar-refractivity contribution < 1.29 is 19.1 Å². The van der Waals surface area contributed by atoms with E-state index in [0.717, 1.165) is 12.0 Å². The molecule has 1 aromatic heterocycles. The first kappa shape index (κ1) is 16.8. The van der Waals surface area contributed by atoms with Gasteiger partial charge in [-0.3, -0.25) is 9.59 Å². The Hall–Kier alpha value is -2.56. The zero-order chi connectivity index (χ0) is 16.8. The molecule has 23 heavy (non-hydrogen) atoms. The molecular weight excluding hydrogens is 294 g/mol. The summed E-state index contributed by atoms with van der Waals surface area (Å²) in [5.41, 5.74) is 1.22. The summed E-state index contributed by atoms with van der Waals surface area (Å²) < 4.78 is 5.34. The van der Waals surface area contributed by atoms with E-state index in [0.29, 0.717) is 17.7 Å². The van der Waals surface area contributed by atoms with E-state index in [1.807, 2.05) is 37.3 Å². The van der Waals surface area contributed by atoms with Gasteiger partial charge in [-0.15, -0.1) is 0 Å². The SMILES string of the molecule is CCCc1occc1C(=O)NC(c1ccccc1)C(C)C(=O)O. The van der Waals surface area contributed by atoms with Crippen LogP contribution in [0.25, 0.3) is 0 Å². The summed E-state index contributed by atoms with van der Waals surface area (Å²) in [6, 6.07) is 10.1. The third kappa shape index (κ3) is 4.00. The Morgan fingerprint density at radius 1 is 1.22 bits per heavy atom. The van der Waals surface area contributed by atoms with Gasteiger partial charge in [0.05, 0.1) is 23.8 Å². The van der Waals surface area contributed by atoms with Crippen molar-refractivity contribution in [2.75, 3.05) is 0 Å². The smallest absolute Gasteiger partial charge is 0.308 e. The first-order valence-electron chi connectivity index (χ1n) is 7.69. The molecule has 0 radical (unpaired) electrons. The summed E-state index contributed by atoms with van der Waals surface area (Å²) in [7, 11) is 0. The van der Waals surface area contributed by atoms with Crippen LogP contribution in [0.1, 0.15) is 48.0 Å². The molecule has 0 saturated carbocycles. The maximum absolute atomic E-state index is 12.5. The normalized spacial score (nSPS) is 13.3. The summed E-state index contributed by atoms with van der Waals surface area (Å²) in [4.78, 5) is 23.9. The number of hydrogen-bond donors (Lipinski definition) is 2. The van der Waals surface area contributed by atoms with Crippen LogP contribution in [0.2, 0.25) is 0 Å². The second-order valence-electron chi connectivity index (χ2n) is 5.50. The summed E-state index contributed by atoms with van der Waals surface area (Å²) in [6.07, 6.45) is 3.01. The molecule has 0 fully saturated rings. The molecule has 2 N–H and O–H groups in total. The highest BCUT2D eigenvalue weighted by Gasteiger charge is 2.28. The van der Waals surface area contributed by atoms with Crippen molar-refractivity contribution in [3.8, 4) is 0 Å². The molecule has 0 saturated heterocycles. The molecule has 0 aliphatic rings. The van der Waals surface area contributed by atoms with Gasteiger partial charge in [0.15, 0.2) is 0 Å². The van der Waals surface area contributed by atoms with Crippen molar-refractivity contribution >= 4 is 11.9 Å². The highest BCUT2D eigenvalue weighted by molar-refractivity contribution is 5.95. The first-order chi connectivity index (χ1) is 11.0. The largest absolute Gasteiger partial charge is 0.481 e. The van der Waals surface area contributed by atoms with Crippen molar-refractivity contribution in [3.63, 3.8) is 0 Å². The van der Waals surface area contributed by atoms with Gasteiger partial charge in [0.1, 0.15) is 5.76 Å². The van der Waals surface area contributed by atoms with Crippen LogP contribution < -0.4 is 5.32 Å². The average molecular weight is 315 g/mol. The molecule has 1 amide bonds. The van der Waals surface area contributed by atoms with Gasteiger partial charge in [-0.2, -0.15) is 0 Å². The summed E-state index contributed by atoms with van der Waals surface area (Å²) >= 11 is 0. The van der Waals surface area contributed by atoms with Crippen LogP contribution in [0.3, 0.4) is 0 Å². The van der Waals surface area contributed by atoms with Crippen LogP contribution in [0, 0.1) is 5.92 Å². The molecular formula is C18H21NO4. The predicted molar refractivity (Wildman–Crippen MR) is 86.2 cm³/mol. The van der Waals surface area contributed by atoms with Gasteiger partial charge in [-0.1, -0.05) is 37.3 Å². The van der Waals surface area contributed by atoms with Crippen LogP contribution >= 0.6 is 0 Å². The zero-order valence-electron chi connectivity index (χ0n) is 13.3. The molecule has 0 aliphatic heterocycles. The number of carbonyl (C=O) groups excluding carboxylic acids is 1. The molecule has 122 valence electrons. The number of furan rings is 1. The van der Waals surface area contributed by atoms with Crippen LogP contribution in [0.4, 0.5) is 0 Å². The van der Waals surface area contributed by atoms with Gasteiger partial charge in [0, 0.05) is 6.42 Å². The fourth-order valence-corrected chi connectivity index (χ4v) is 2.48. The Morgan fingerprint density at radius 2 is 1.91 bits per heavy atom. The van der Waals surface area contributed by atoms with Gasteiger partial charge < -0.3 is 14.8 Å². The molecule has 5 heteroatoms. The summed E-state index contributed by atoms with van der Waals surface area (Å²) in [5.74, 6) is -1.40. The number of hydrogen-bond acceptors (Lipinski definition) is 3. The fraction of sp³-hybridized carbons (Fsp3) is 0.333. The van der Waals surface area contributed by atoms with Gasteiger partial charge in [0.2, 0.25) is 0 Å². The second kappa shape index (κ2) is 7.63. The molecule has 5 nitrogen and oxygen atoms in total. The molecule has 1 heterocycles. The third-order valence-corrected chi connectivity index (χ3v) is 3.80. The number of rotatable bonds is 7. The molecule has 2 unspecified atom stereocenters. The van der Waals surface area contributed by atoms with Crippen molar-refractivity contribution in [2.45, 2.75) is 32.7 Å². The number of aryl methyl sites for hydroxylation is 1. The number of carbonyl (C=O) groups is 2. The van der Waals surface area contributed by atoms with Crippen molar-refractivity contribution in [3.05, 3.63) is 59.5 Å². The van der Waals surface area contributed by atoms with Crippen LogP contribution in [-0.2, 0) is 11.2 Å². The zero-order valence-corrected chi connectivity index (χ0v) is 13.3. The molecule has 2 atom stereocenters. The third-order valence-electron chi connectivity index (χ3n) is 3.80. The molecule has 0 spiro atoms. The van der Waals surface area contributed by atoms with E-state index in [2.05, 4.69) is 5.32 Å². The Labute approximate surface area is 135 Å². The Bertz CT molecular complexity index is 663. The maximum atomic E-state index is 12.5. The monoisotopic (exact) mass is 315 g/mol. The average Bonchev–Trinajstić information content (AvgIpc) is 3.01. The molecule has 2 aromatic rings. The van der Waals surface area contributed by atoms with E-state index in [4.69, 9.17) is 4.42 Å². The van der Waals surface area contributed by atoms with Gasteiger partial charge in [0.25, 0.3) is 5.91 Å². The van der Waals surface area contributed by atoms with Crippen LogP contribution in [0.15, 0.2) is 47.1 Å². The van der Waals surface area contributed by atoms with Crippen LogP contribution in [0.5, 0.6) is 0 Å². The van der Waals surface area contributed by atoms with Crippen molar-refractivity contribution in [1.82, 2.24) is 5.32 Å². The number of carboxylic acid groups (broad SMARTS) is 1. The predicted octanol–water partition coefficient (Wildman–Crippen LogP) is 3.42. The van der Waals surface area contributed by atoms with Crippen molar-refractivity contribution in [1.29, 1.82) is 0 Å². The number of carboxylic acids is 1. The molecule has 0 aliphatic carbocycles. The van der Waals surface area contributed by atoms with Gasteiger partial charge >= 0.3 is 5.97 Å². The van der Waals surface area contributed by atoms with Gasteiger partial charge in [-0.25, -0.2) is 0 Å². The lowest BCUT2D eigenvalue weighted by atomic mass is 9.94. The lowest BCUT2D eigenvalue weighted by molar-refractivity contribution is -0.142. The number of benzene rings is 1.